The molecule has 5 nitrogen and oxygen atoms in total. The molecule has 2 N–H and O–H groups in total. The van der Waals surface area contributed by atoms with Crippen molar-refractivity contribution in [1.82, 2.24) is 10.3 Å². The van der Waals surface area contributed by atoms with E-state index in [0.29, 0.717) is 5.75 Å². The first kappa shape index (κ1) is 14.3. The molecule has 0 unspecified atom stereocenters. The van der Waals surface area contributed by atoms with E-state index in [1.807, 2.05) is 33.8 Å². The fourth-order valence-electron chi connectivity index (χ4n) is 1.49. The van der Waals surface area contributed by atoms with Gasteiger partial charge in [-0.05, 0) is 33.8 Å². The molecular formula is C13H21N3O2. The van der Waals surface area contributed by atoms with Gasteiger partial charge in [-0.25, -0.2) is 0 Å². The molecule has 18 heavy (non-hydrogen) atoms. The molecule has 1 heterocycles. The first-order valence-corrected chi connectivity index (χ1v) is 5.87. The van der Waals surface area contributed by atoms with Crippen LogP contribution < -0.4 is 15.4 Å². The van der Waals surface area contributed by atoms with Gasteiger partial charge in [0.25, 0.3) is 0 Å². The van der Waals surface area contributed by atoms with Crippen LogP contribution in [-0.4, -0.2) is 30.1 Å². The Morgan fingerprint density at radius 1 is 1.44 bits per heavy atom. The fourth-order valence-corrected chi connectivity index (χ4v) is 1.49. The highest BCUT2D eigenvalue weighted by molar-refractivity contribution is 5.81. The van der Waals surface area contributed by atoms with E-state index in [1.54, 1.807) is 13.3 Å². The van der Waals surface area contributed by atoms with Gasteiger partial charge in [-0.1, -0.05) is 0 Å². The van der Waals surface area contributed by atoms with Crippen LogP contribution in [0.3, 0.4) is 0 Å². The second-order valence-electron chi connectivity index (χ2n) is 5.18. The number of aromatic nitrogens is 1. The van der Waals surface area contributed by atoms with Crippen LogP contribution in [0.4, 0.5) is 5.69 Å². The van der Waals surface area contributed by atoms with Gasteiger partial charge in [0.05, 0.1) is 25.5 Å². The van der Waals surface area contributed by atoms with Crippen molar-refractivity contribution in [3.05, 3.63) is 18.0 Å². The minimum absolute atomic E-state index is 0.0565. The molecule has 0 bridgehead atoms. The highest BCUT2D eigenvalue weighted by atomic mass is 16.5. The number of aryl methyl sites for hydroxylation is 1. The molecule has 1 amide bonds. The van der Waals surface area contributed by atoms with E-state index in [0.717, 1.165) is 11.4 Å². The minimum atomic E-state index is -0.225. The predicted molar refractivity (Wildman–Crippen MR) is 71.9 cm³/mol. The molecule has 1 rings (SSSR count). The second-order valence-corrected chi connectivity index (χ2v) is 5.18. The Morgan fingerprint density at radius 2 is 2.11 bits per heavy atom. The lowest BCUT2D eigenvalue weighted by atomic mass is 10.1. The van der Waals surface area contributed by atoms with E-state index in [2.05, 4.69) is 15.6 Å². The molecule has 0 aliphatic carbocycles. The summed E-state index contributed by atoms with van der Waals surface area (Å²) in [6.07, 6.45) is 1.64. The molecule has 0 fully saturated rings. The summed E-state index contributed by atoms with van der Waals surface area (Å²) in [5.74, 6) is 0.572. The average molecular weight is 251 g/mol. The molecule has 1 aromatic heterocycles. The number of anilines is 1. The molecule has 0 aliphatic heterocycles. The fraction of sp³-hybridized carbons (Fsp3) is 0.538. The number of pyridine rings is 1. The lowest BCUT2D eigenvalue weighted by molar-refractivity contribution is -0.120. The van der Waals surface area contributed by atoms with Gasteiger partial charge in [0.15, 0.2) is 5.75 Å². The molecule has 0 aliphatic rings. The van der Waals surface area contributed by atoms with Crippen LogP contribution >= 0.6 is 0 Å². The Balaban J connectivity index is 2.63. The van der Waals surface area contributed by atoms with Crippen LogP contribution in [0.1, 0.15) is 26.5 Å². The number of amides is 1. The van der Waals surface area contributed by atoms with Crippen molar-refractivity contribution >= 4 is 11.6 Å². The second kappa shape index (κ2) is 5.71. The van der Waals surface area contributed by atoms with Gasteiger partial charge in [0.2, 0.25) is 5.91 Å². The van der Waals surface area contributed by atoms with E-state index in [-0.39, 0.29) is 18.0 Å². The molecule has 1 aromatic rings. The van der Waals surface area contributed by atoms with Crippen molar-refractivity contribution in [3.63, 3.8) is 0 Å². The van der Waals surface area contributed by atoms with Crippen LogP contribution in [0.15, 0.2) is 12.3 Å². The molecule has 0 atom stereocenters. The normalized spacial score (nSPS) is 10.9. The lowest BCUT2D eigenvalue weighted by Crippen LogP contribution is -2.43. The molecule has 0 saturated carbocycles. The van der Waals surface area contributed by atoms with E-state index in [1.165, 1.54) is 0 Å². The van der Waals surface area contributed by atoms with E-state index in [9.17, 15) is 4.79 Å². The number of hydrogen-bond donors (Lipinski definition) is 2. The Labute approximate surface area is 108 Å². The van der Waals surface area contributed by atoms with E-state index >= 15 is 0 Å². The Hall–Kier alpha value is -1.78. The largest absolute Gasteiger partial charge is 0.493 e. The van der Waals surface area contributed by atoms with Crippen molar-refractivity contribution in [3.8, 4) is 5.75 Å². The summed E-state index contributed by atoms with van der Waals surface area (Å²) >= 11 is 0. The maximum Gasteiger partial charge on any atom is 0.239 e. The summed E-state index contributed by atoms with van der Waals surface area (Å²) in [7, 11) is 1.58. The summed E-state index contributed by atoms with van der Waals surface area (Å²) in [6.45, 7) is 7.93. The molecule has 0 radical (unpaired) electrons. The van der Waals surface area contributed by atoms with Crippen LogP contribution in [0.2, 0.25) is 0 Å². The molecule has 100 valence electrons. The van der Waals surface area contributed by atoms with Gasteiger partial charge in [0.1, 0.15) is 0 Å². The van der Waals surface area contributed by atoms with Crippen LogP contribution in [0.25, 0.3) is 0 Å². The summed E-state index contributed by atoms with van der Waals surface area (Å²) < 4.78 is 5.18. The number of rotatable bonds is 4. The van der Waals surface area contributed by atoms with Crippen molar-refractivity contribution < 1.29 is 9.53 Å². The van der Waals surface area contributed by atoms with E-state index < -0.39 is 0 Å². The standard InChI is InChI=1S/C13H21N3O2/c1-9-6-10(11(18-5)7-14-9)15-8-12(17)16-13(2,3)4/h6-7H,8H2,1-5H3,(H,14,15)(H,16,17). The molecule has 5 heteroatoms. The van der Waals surface area contributed by atoms with Gasteiger partial charge in [0, 0.05) is 11.2 Å². The smallest absolute Gasteiger partial charge is 0.239 e. The maximum atomic E-state index is 11.7. The van der Waals surface area contributed by atoms with Crippen molar-refractivity contribution in [2.24, 2.45) is 0 Å². The highest BCUT2D eigenvalue weighted by Crippen LogP contribution is 2.22. The number of methoxy groups -OCH3 is 1. The molecular weight excluding hydrogens is 230 g/mol. The molecule has 0 saturated heterocycles. The minimum Gasteiger partial charge on any atom is -0.493 e. The molecule has 0 aromatic carbocycles. The summed E-state index contributed by atoms with van der Waals surface area (Å²) in [6, 6.07) is 1.85. The first-order valence-electron chi connectivity index (χ1n) is 5.87. The maximum absolute atomic E-state index is 11.7. The van der Waals surface area contributed by atoms with Crippen LogP contribution in [-0.2, 0) is 4.79 Å². The van der Waals surface area contributed by atoms with Crippen molar-refractivity contribution in [2.75, 3.05) is 19.0 Å². The Morgan fingerprint density at radius 3 is 2.67 bits per heavy atom. The van der Waals surface area contributed by atoms with Gasteiger partial charge in [-0.3, -0.25) is 9.78 Å². The zero-order chi connectivity index (χ0) is 13.8. The third kappa shape index (κ3) is 4.61. The molecule has 0 spiro atoms. The van der Waals surface area contributed by atoms with E-state index in [4.69, 9.17) is 4.74 Å². The highest BCUT2D eigenvalue weighted by Gasteiger charge is 2.13. The van der Waals surface area contributed by atoms with Gasteiger partial charge in [-0.2, -0.15) is 0 Å². The van der Waals surface area contributed by atoms with Crippen LogP contribution in [0, 0.1) is 6.92 Å². The zero-order valence-electron chi connectivity index (χ0n) is 11.6. The Bertz CT molecular complexity index is 425. The number of nitrogens with zero attached hydrogens (tertiary/aromatic N) is 1. The monoisotopic (exact) mass is 251 g/mol. The quantitative estimate of drug-likeness (QED) is 0.855. The summed E-state index contributed by atoms with van der Waals surface area (Å²) in [4.78, 5) is 15.8. The lowest BCUT2D eigenvalue weighted by Gasteiger charge is -2.21. The topological polar surface area (TPSA) is 63.2 Å². The number of carbonyl (C=O) groups is 1. The van der Waals surface area contributed by atoms with Crippen molar-refractivity contribution in [1.29, 1.82) is 0 Å². The SMILES string of the molecule is COc1cnc(C)cc1NCC(=O)NC(C)(C)C. The number of nitrogens with one attached hydrogen (secondary N) is 2. The first-order chi connectivity index (χ1) is 8.31. The average Bonchev–Trinajstić information content (AvgIpc) is 2.24. The number of carbonyl (C=O) groups excluding carboxylic acids is 1. The van der Waals surface area contributed by atoms with Gasteiger partial charge < -0.3 is 15.4 Å². The number of ether oxygens (including phenoxy) is 1. The summed E-state index contributed by atoms with van der Waals surface area (Å²) in [5.41, 5.74) is 1.42. The third-order valence-corrected chi connectivity index (χ3v) is 2.18. The Kier molecular flexibility index (Phi) is 4.53. The predicted octanol–water partition coefficient (Wildman–Crippen LogP) is 1.73. The van der Waals surface area contributed by atoms with Gasteiger partial charge in [-0.15, -0.1) is 0 Å². The van der Waals surface area contributed by atoms with Crippen molar-refractivity contribution in [2.45, 2.75) is 33.2 Å². The zero-order valence-corrected chi connectivity index (χ0v) is 11.6. The van der Waals surface area contributed by atoms with Crippen LogP contribution in [0.5, 0.6) is 5.75 Å². The number of hydrogen-bond acceptors (Lipinski definition) is 4. The van der Waals surface area contributed by atoms with Gasteiger partial charge >= 0.3 is 0 Å². The third-order valence-electron chi connectivity index (χ3n) is 2.18. The summed E-state index contributed by atoms with van der Waals surface area (Å²) in [5, 5.41) is 5.93.